The van der Waals surface area contributed by atoms with Crippen LogP contribution in [-0.2, 0) is 5.41 Å². The summed E-state index contributed by atoms with van der Waals surface area (Å²) in [4.78, 5) is 2.04. The fourth-order valence-electron chi connectivity index (χ4n) is 2.12. The summed E-state index contributed by atoms with van der Waals surface area (Å²) in [5.74, 6) is -0.238. The molecule has 0 bridgehead atoms. The number of nitriles is 1. The Hall–Kier alpha value is -1.60. The largest absolute Gasteiger partial charge is 0.367 e. The van der Waals surface area contributed by atoms with Gasteiger partial charge in [-0.2, -0.15) is 5.26 Å². The van der Waals surface area contributed by atoms with Crippen molar-refractivity contribution in [3.8, 4) is 6.07 Å². The van der Waals surface area contributed by atoms with E-state index in [0.717, 1.165) is 31.7 Å². The molecular formula is C14H18FN3. The zero-order valence-electron chi connectivity index (χ0n) is 10.8. The number of hydrogen-bond acceptors (Lipinski definition) is 3. The Bertz CT molecular complexity index is 470. The van der Waals surface area contributed by atoms with Crippen LogP contribution in [0.1, 0.15) is 19.4 Å². The summed E-state index contributed by atoms with van der Waals surface area (Å²) in [5, 5.41) is 12.3. The highest BCUT2D eigenvalue weighted by Gasteiger charge is 2.22. The van der Waals surface area contributed by atoms with Gasteiger partial charge in [-0.1, -0.05) is 6.07 Å². The molecule has 0 unspecified atom stereocenters. The first-order chi connectivity index (χ1) is 8.54. The molecule has 2 rings (SSSR count). The first-order valence-corrected chi connectivity index (χ1v) is 6.21. The van der Waals surface area contributed by atoms with Crippen LogP contribution in [0.5, 0.6) is 0 Å². The average molecular weight is 247 g/mol. The van der Waals surface area contributed by atoms with Gasteiger partial charge in [0.25, 0.3) is 0 Å². The van der Waals surface area contributed by atoms with Gasteiger partial charge in [-0.25, -0.2) is 4.39 Å². The second kappa shape index (κ2) is 4.95. The number of anilines is 1. The van der Waals surface area contributed by atoms with Crippen LogP contribution in [0.4, 0.5) is 10.1 Å². The van der Waals surface area contributed by atoms with Crippen LogP contribution in [0, 0.1) is 17.1 Å². The lowest BCUT2D eigenvalue weighted by atomic mass is 9.86. The average Bonchev–Trinajstić information content (AvgIpc) is 2.39. The standard InChI is InChI=1S/C14H18FN3/c1-14(2,10-16)11-3-4-13(12(15)9-11)18-7-5-17-6-8-18/h3-4,9,17H,5-8H2,1-2H3. The van der Waals surface area contributed by atoms with E-state index in [4.69, 9.17) is 5.26 Å². The van der Waals surface area contributed by atoms with Crippen LogP contribution in [0.2, 0.25) is 0 Å². The predicted molar refractivity (Wildman–Crippen MR) is 70.1 cm³/mol. The molecule has 0 aromatic heterocycles. The van der Waals surface area contributed by atoms with Crippen molar-refractivity contribution >= 4 is 5.69 Å². The van der Waals surface area contributed by atoms with Gasteiger partial charge in [-0.05, 0) is 31.5 Å². The molecule has 1 aromatic carbocycles. The highest BCUT2D eigenvalue weighted by molar-refractivity contribution is 5.51. The normalized spacial score (nSPS) is 16.4. The van der Waals surface area contributed by atoms with Gasteiger partial charge in [-0.15, -0.1) is 0 Å². The topological polar surface area (TPSA) is 39.1 Å². The summed E-state index contributed by atoms with van der Waals surface area (Å²) in [6.45, 7) is 6.99. The number of benzene rings is 1. The zero-order chi connectivity index (χ0) is 13.2. The third-order valence-corrected chi connectivity index (χ3v) is 3.41. The minimum Gasteiger partial charge on any atom is -0.367 e. The van der Waals surface area contributed by atoms with E-state index in [1.165, 1.54) is 6.07 Å². The van der Waals surface area contributed by atoms with E-state index in [9.17, 15) is 4.39 Å². The van der Waals surface area contributed by atoms with Crippen molar-refractivity contribution in [2.75, 3.05) is 31.1 Å². The van der Waals surface area contributed by atoms with Crippen LogP contribution in [0.25, 0.3) is 0 Å². The van der Waals surface area contributed by atoms with Crippen LogP contribution in [0.3, 0.4) is 0 Å². The molecule has 1 aromatic rings. The van der Waals surface area contributed by atoms with Crippen molar-refractivity contribution in [3.05, 3.63) is 29.6 Å². The van der Waals surface area contributed by atoms with E-state index in [0.29, 0.717) is 5.69 Å². The maximum absolute atomic E-state index is 14.1. The Kier molecular flexibility index (Phi) is 3.53. The van der Waals surface area contributed by atoms with Gasteiger partial charge in [0, 0.05) is 26.2 Å². The SMILES string of the molecule is CC(C)(C#N)c1ccc(N2CCNCC2)c(F)c1. The molecule has 0 radical (unpaired) electrons. The van der Waals surface area contributed by atoms with Gasteiger partial charge in [0.2, 0.25) is 0 Å². The Morgan fingerprint density at radius 2 is 2.00 bits per heavy atom. The van der Waals surface area contributed by atoms with Gasteiger partial charge in [0.1, 0.15) is 5.82 Å². The molecule has 1 fully saturated rings. The summed E-state index contributed by atoms with van der Waals surface area (Å²) in [6, 6.07) is 7.32. The van der Waals surface area contributed by atoms with Gasteiger partial charge >= 0.3 is 0 Å². The van der Waals surface area contributed by atoms with Gasteiger partial charge in [0.15, 0.2) is 0 Å². The Morgan fingerprint density at radius 1 is 1.33 bits per heavy atom. The number of nitrogens with zero attached hydrogens (tertiary/aromatic N) is 2. The van der Waals surface area contributed by atoms with Crippen molar-refractivity contribution in [1.82, 2.24) is 5.32 Å². The number of halogens is 1. The Morgan fingerprint density at radius 3 is 2.56 bits per heavy atom. The lowest BCUT2D eigenvalue weighted by Gasteiger charge is -2.30. The van der Waals surface area contributed by atoms with E-state index in [-0.39, 0.29) is 5.82 Å². The fourth-order valence-corrected chi connectivity index (χ4v) is 2.12. The van der Waals surface area contributed by atoms with Crippen molar-refractivity contribution in [1.29, 1.82) is 5.26 Å². The molecule has 1 N–H and O–H groups in total. The van der Waals surface area contributed by atoms with Crippen LogP contribution in [-0.4, -0.2) is 26.2 Å². The predicted octanol–water partition coefficient (Wildman–Crippen LogP) is 2.04. The maximum Gasteiger partial charge on any atom is 0.146 e. The summed E-state index contributed by atoms with van der Waals surface area (Å²) >= 11 is 0. The summed E-state index contributed by atoms with van der Waals surface area (Å²) in [7, 11) is 0. The molecule has 0 saturated carbocycles. The zero-order valence-corrected chi connectivity index (χ0v) is 10.8. The molecule has 1 aliphatic rings. The first kappa shape index (κ1) is 12.8. The monoisotopic (exact) mass is 247 g/mol. The molecule has 1 heterocycles. The van der Waals surface area contributed by atoms with Crippen molar-refractivity contribution in [2.45, 2.75) is 19.3 Å². The minimum atomic E-state index is -0.650. The second-order valence-corrected chi connectivity index (χ2v) is 5.14. The summed E-state index contributed by atoms with van der Waals surface area (Å²) in [5.41, 5.74) is 0.707. The molecule has 0 aliphatic carbocycles. The molecule has 1 saturated heterocycles. The number of rotatable bonds is 2. The molecule has 0 amide bonds. The highest BCUT2D eigenvalue weighted by Crippen LogP contribution is 2.27. The second-order valence-electron chi connectivity index (χ2n) is 5.14. The van der Waals surface area contributed by atoms with Gasteiger partial charge < -0.3 is 10.2 Å². The van der Waals surface area contributed by atoms with E-state index >= 15 is 0 Å². The molecule has 0 spiro atoms. The molecule has 3 nitrogen and oxygen atoms in total. The lowest BCUT2D eigenvalue weighted by molar-refractivity contribution is 0.563. The molecule has 4 heteroatoms. The molecular weight excluding hydrogens is 229 g/mol. The Labute approximate surface area is 107 Å². The van der Waals surface area contributed by atoms with Crippen LogP contribution >= 0.6 is 0 Å². The van der Waals surface area contributed by atoms with Crippen molar-refractivity contribution in [2.24, 2.45) is 0 Å². The third-order valence-electron chi connectivity index (χ3n) is 3.41. The van der Waals surface area contributed by atoms with E-state index in [1.807, 2.05) is 11.0 Å². The van der Waals surface area contributed by atoms with E-state index in [1.54, 1.807) is 19.9 Å². The minimum absolute atomic E-state index is 0.238. The molecule has 18 heavy (non-hydrogen) atoms. The van der Waals surface area contributed by atoms with E-state index < -0.39 is 5.41 Å². The number of hydrogen-bond donors (Lipinski definition) is 1. The Balaban J connectivity index is 2.28. The summed E-state index contributed by atoms with van der Waals surface area (Å²) < 4.78 is 14.1. The van der Waals surface area contributed by atoms with Crippen molar-refractivity contribution in [3.63, 3.8) is 0 Å². The van der Waals surface area contributed by atoms with Crippen molar-refractivity contribution < 1.29 is 4.39 Å². The van der Waals surface area contributed by atoms with Crippen LogP contribution < -0.4 is 10.2 Å². The van der Waals surface area contributed by atoms with Crippen LogP contribution in [0.15, 0.2) is 18.2 Å². The lowest BCUT2D eigenvalue weighted by Crippen LogP contribution is -2.43. The fraction of sp³-hybridized carbons (Fsp3) is 0.500. The maximum atomic E-state index is 14.1. The highest BCUT2D eigenvalue weighted by atomic mass is 19.1. The van der Waals surface area contributed by atoms with E-state index in [2.05, 4.69) is 11.4 Å². The quantitative estimate of drug-likeness (QED) is 0.869. The molecule has 0 atom stereocenters. The number of nitrogens with one attached hydrogen (secondary N) is 1. The number of piperazine rings is 1. The smallest absolute Gasteiger partial charge is 0.146 e. The molecule has 96 valence electrons. The van der Waals surface area contributed by atoms with Gasteiger partial charge in [-0.3, -0.25) is 0 Å². The first-order valence-electron chi connectivity index (χ1n) is 6.21. The molecule has 1 aliphatic heterocycles. The van der Waals surface area contributed by atoms with Gasteiger partial charge in [0.05, 0.1) is 17.2 Å². The third kappa shape index (κ3) is 2.46. The summed E-state index contributed by atoms with van der Waals surface area (Å²) in [6.07, 6.45) is 0.